The van der Waals surface area contributed by atoms with E-state index >= 15 is 0 Å². The number of benzene rings is 1. The highest BCUT2D eigenvalue weighted by Gasteiger charge is 2.25. The molecule has 130 valence electrons. The van der Waals surface area contributed by atoms with E-state index in [9.17, 15) is 9.59 Å². The number of para-hydroxylation sites is 1. The highest BCUT2D eigenvalue weighted by molar-refractivity contribution is 5.96. The van der Waals surface area contributed by atoms with Gasteiger partial charge in [0.25, 0.3) is 0 Å². The van der Waals surface area contributed by atoms with Crippen LogP contribution >= 0.6 is 12.4 Å². The number of hydrogen-bond acceptors (Lipinski definition) is 3. The molecule has 1 aromatic rings. The highest BCUT2D eigenvalue weighted by Crippen LogP contribution is 2.11. The Labute approximate surface area is 145 Å². The summed E-state index contributed by atoms with van der Waals surface area (Å²) in [5.74, 6) is -0.191. The van der Waals surface area contributed by atoms with E-state index in [1.165, 1.54) is 0 Å². The monoisotopic (exact) mass is 341 g/mol. The Morgan fingerprint density at radius 3 is 2.35 bits per heavy atom. The quantitative estimate of drug-likeness (QED) is 0.763. The maximum Gasteiger partial charge on any atom is 0.246 e. The molecule has 0 aliphatic heterocycles. The summed E-state index contributed by atoms with van der Waals surface area (Å²) in [5.41, 5.74) is 6.44. The van der Waals surface area contributed by atoms with Crippen molar-refractivity contribution in [3.8, 4) is 0 Å². The molecule has 2 unspecified atom stereocenters. The van der Waals surface area contributed by atoms with Gasteiger partial charge < -0.3 is 16.0 Å². The molecule has 0 saturated heterocycles. The summed E-state index contributed by atoms with van der Waals surface area (Å²) in [6.45, 7) is 6.20. The van der Waals surface area contributed by atoms with Crippen molar-refractivity contribution < 1.29 is 9.59 Å². The average Bonchev–Trinajstić information content (AvgIpc) is 2.50. The van der Waals surface area contributed by atoms with Crippen LogP contribution in [0, 0.1) is 0 Å². The summed E-state index contributed by atoms with van der Waals surface area (Å²) >= 11 is 0. The van der Waals surface area contributed by atoms with Gasteiger partial charge in [0.2, 0.25) is 11.8 Å². The average molecular weight is 342 g/mol. The van der Waals surface area contributed by atoms with E-state index in [1.54, 1.807) is 11.8 Å². The minimum Gasteiger partial charge on any atom is -0.331 e. The molecule has 0 aliphatic carbocycles. The molecule has 0 radical (unpaired) electrons. The first kappa shape index (κ1) is 21.4. The molecule has 0 heterocycles. The zero-order valence-electron chi connectivity index (χ0n) is 14.1. The number of nitrogens with one attached hydrogen (secondary N) is 1. The lowest BCUT2D eigenvalue weighted by Crippen LogP contribution is -2.46. The molecule has 0 fully saturated rings. The van der Waals surface area contributed by atoms with Gasteiger partial charge in [0.05, 0.1) is 0 Å². The molecule has 0 spiro atoms. The van der Waals surface area contributed by atoms with Crippen LogP contribution < -0.4 is 11.1 Å². The second kappa shape index (κ2) is 11.0. The van der Waals surface area contributed by atoms with Crippen LogP contribution in [0.3, 0.4) is 0 Å². The Kier molecular flexibility index (Phi) is 10.3. The van der Waals surface area contributed by atoms with E-state index in [4.69, 9.17) is 5.73 Å². The number of halogens is 1. The maximum absolute atomic E-state index is 12.3. The van der Waals surface area contributed by atoms with Crippen LogP contribution in [0.4, 0.5) is 5.69 Å². The second-order valence-corrected chi connectivity index (χ2v) is 5.63. The van der Waals surface area contributed by atoms with Crippen molar-refractivity contribution >= 4 is 29.9 Å². The van der Waals surface area contributed by atoms with Crippen LogP contribution in [0.2, 0.25) is 0 Å². The van der Waals surface area contributed by atoms with Crippen molar-refractivity contribution in [3.63, 3.8) is 0 Å². The molecular weight excluding hydrogens is 314 g/mol. The smallest absolute Gasteiger partial charge is 0.246 e. The fourth-order valence-electron chi connectivity index (χ4n) is 2.18. The first-order valence-electron chi connectivity index (χ1n) is 7.86. The minimum atomic E-state index is -0.499. The zero-order valence-corrected chi connectivity index (χ0v) is 14.9. The van der Waals surface area contributed by atoms with Crippen LogP contribution in [0.5, 0.6) is 0 Å². The van der Waals surface area contributed by atoms with Gasteiger partial charge in [-0.2, -0.15) is 0 Å². The summed E-state index contributed by atoms with van der Waals surface area (Å²) in [7, 11) is 0. The number of nitrogens with two attached hydrogens (primary N) is 1. The maximum atomic E-state index is 12.3. The molecule has 23 heavy (non-hydrogen) atoms. The normalized spacial score (nSPS) is 12.7. The van der Waals surface area contributed by atoms with E-state index in [2.05, 4.69) is 5.32 Å². The van der Waals surface area contributed by atoms with Crippen molar-refractivity contribution in [2.24, 2.45) is 5.73 Å². The molecule has 0 aliphatic rings. The second-order valence-electron chi connectivity index (χ2n) is 5.63. The number of anilines is 1. The first-order valence-corrected chi connectivity index (χ1v) is 7.86. The Hall–Kier alpha value is -1.59. The van der Waals surface area contributed by atoms with Gasteiger partial charge in [-0.3, -0.25) is 9.59 Å². The fourth-order valence-corrected chi connectivity index (χ4v) is 2.18. The lowest BCUT2D eigenvalue weighted by molar-refractivity contribution is -0.138. The van der Waals surface area contributed by atoms with Crippen LogP contribution in [0.25, 0.3) is 0 Å². The van der Waals surface area contributed by atoms with Gasteiger partial charge in [0, 0.05) is 24.7 Å². The summed E-state index contributed by atoms with van der Waals surface area (Å²) in [5, 5.41) is 2.84. The first-order chi connectivity index (χ1) is 10.5. The number of carbonyl (C=O) groups is 2. The van der Waals surface area contributed by atoms with Gasteiger partial charge in [-0.05, 0) is 38.8 Å². The standard InChI is InChI=1S/C17H27N3O2.ClH/c1-4-12-20(16(21)11-10-13(2)18)14(3)17(22)19-15-8-6-5-7-9-15;/h5-9,13-14H,4,10-12,18H2,1-3H3,(H,19,22);1H. The van der Waals surface area contributed by atoms with Gasteiger partial charge in [-0.25, -0.2) is 0 Å². The van der Waals surface area contributed by atoms with Crippen LogP contribution in [-0.4, -0.2) is 35.3 Å². The SMILES string of the molecule is CCCN(C(=O)CCC(C)N)C(C)C(=O)Nc1ccccc1.Cl. The largest absolute Gasteiger partial charge is 0.331 e. The van der Waals surface area contributed by atoms with E-state index in [1.807, 2.05) is 44.2 Å². The molecule has 2 amide bonds. The third-order valence-corrected chi connectivity index (χ3v) is 3.49. The fraction of sp³-hybridized carbons (Fsp3) is 0.529. The molecule has 3 N–H and O–H groups in total. The zero-order chi connectivity index (χ0) is 16.5. The van der Waals surface area contributed by atoms with Crippen LogP contribution in [-0.2, 0) is 9.59 Å². The van der Waals surface area contributed by atoms with Crippen molar-refractivity contribution in [3.05, 3.63) is 30.3 Å². The van der Waals surface area contributed by atoms with E-state index in [0.717, 1.165) is 12.1 Å². The summed E-state index contributed by atoms with van der Waals surface area (Å²) < 4.78 is 0. The minimum absolute atomic E-state index is 0. The highest BCUT2D eigenvalue weighted by atomic mass is 35.5. The van der Waals surface area contributed by atoms with Gasteiger partial charge >= 0.3 is 0 Å². The molecule has 1 rings (SSSR count). The van der Waals surface area contributed by atoms with Crippen molar-refractivity contribution in [1.29, 1.82) is 0 Å². The third-order valence-electron chi connectivity index (χ3n) is 3.49. The van der Waals surface area contributed by atoms with Gasteiger partial charge in [-0.15, -0.1) is 12.4 Å². The van der Waals surface area contributed by atoms with E-state index in [0.29, 0.717) is 19.4 Å². The topological polar surface area (TPSA) is 75.4 Å². The lowest BCUT2D eigenvalue weighted by atomic mass is 10.1. The summed E-state index contributed by atoms with van der Waals surface area (Å²) in [6.07, 6.45) is 1.82. The molecule has 5 nitrogen and oxygen atoms in total. The van der Waals surface area contributed by atoms with E-state index in [-0.39, 0.29) is 30.3 Å². The predicted molar refractivity (Wildman–Crippen MR) is 96.7 cm³/mol. The van der Waals surface area contributed by atoms with Crippen molar-refractivity contribution in [2.45, 2.75) is 52.1 Å². The number of nitrogens with zero attached hydrogens (tertiary/aromatic N) is 1. The van der Waals surface area contributed by atoms with E-state index < -0.39 is 6.04 Å². The number of amides is 2. The number of hydrogen-bond donors (Lipinski definition) is 2. The molecule has 0 aromatic heterocycles. The molecule has 0 saturated carbocycles. The van der Waals surface area contributed by atoms with Crippen molar-refractivity contribution in [2.75, 3.05) is 11.9 Å². The predicted octanol–water partition coefficient (Wildman–Crippen LogP) is 2.80. The Morgan fingerprint density at radius 2 is 1.83 bits per heavy atom. The molecular formula is C17H28ClN3O2. The van der Waals surface area contributed by atoms with Crippen molar-refractivity contribution in [1.82, 2.24) is 4.90 Å². The Morgan fingerprint density at radius 1 is 1.22 bits per heavy atom. The molecule has 1 aromatic carbocycles. The van der Waals surface area contributed by atoms with Gasteiger partial charge in [0.1, 0.15) is 6.04 Å². The Bertz CT molecular complexity index is 480. The lowest BCUT2D eigenvalue weighted by Gasteiger charge is -2.28. The molecule has 0 bridgehead atoms. The van der Waals surface area contributed by atoms with Crippen LogP contribution in [0.1, 0.15) is 40.0 Å². The summed E-state index contributed by atoms with van der Waals surface area (Å²) in [4.78, 5) is 26.3. The number of carbonyl (C=O) groups excluding carboxylic acids is 2. The van der Waals surface area contributed by atoms with Gasteiger partial charge in [0.15, 0.2) is 0 Å². The summed E-state index contributed by atoms with van der Waals surface area (Å²) in [6, 6.07) is 8.75. The molecule has 6 heteroatoms. The number of rotatable bonds is 8. The van der Waals surface area contributed by atoms with Crippen LogP contribution in [0.15, 0.2) is 30.3 Å². The van der Waals surface area contributed by atoms with Gasteiger partial charge in [-0.1, -0.05) is 25.1 Å². The third kappa shape index (κ3) is 7.48. The Balaban J connectivity index is 0.00000484. The molecule has 2 atom stereocenters.